The van der Waals surface area contributed by atoms with Crippen LogP contribution < -0.4 is 5.14 Å². The summed E-state index contributed by atoms with van der Waals surface area (Å²) in [5.41, 5.74) is -1.26. The van der Waals surface area contributed by atoms with Crippen LogP contribution in [0.2, 0.25) is 0 Å². The van der Waals surface area contributed by atoms with Gasteiger partial charge in [0, 0.05) is 6.20 Å². The van der Waals surface area contributed by atoms with Crippen LogP contribution >= 0.6 is 0 Å². The maximum absolute atomic E-state index is 12.5. The monoisotopic (exact) mass is 247 g/mol. The van der Waals surface area contributed by atoms with Crippen LogP contribution in [0.3, 0.4) is 0 Å². The third kappa shape index (κ3) is 2.15. The first-order valence-electron chi connectivity index (χ1n) is 3.99. The molecule has 0 atom stereocenters. The molecule has 0 bridgehead atoms. The van der Waals surface area contributed by atoms with Gasteiger partial charge in [0.1, 0.15) is 11.0 Å². The normalized spacial score (nSPS) is 11.5. The molecule has 0 aliphatic heterocycles. The van der Waals surface area contributed by atoms with E-state index >= 15 is 0 Å². The molecule has 0 aromatic carbocycles. The van der Waals surface area contributed by atoms with Crippen LogP contribution in [-0.2, 0) is 10.0 Å². The highest BCUT2D eigenvalue weighted by Crippen LogP contribution is 2.28. The minimum Gasteiger partial charge on any atom is -0.260 e. The van der Waals surface area contributed by atoms with Crippen molar-refractivity contribution >= 4 is 10.0 Å². The number of aromatic nitrogens is 1. The second kappa shape index (κ2) is 4.11. The number of halogens is 2. The lowest BCUT2D eigenvalue weighted by atomic mass is 10.1. The van der Waals surface area contributed by atoms with Crippen LogP contribution in [0.1, 0.15) is 23.2 Å². The highest BCUT2D eigenvalue weighted by atomic mass is 32.2. The van der Waals surface area contributed by atoms with Gasteiger partial charge in [0.15, 0.2) is 0 Å². The molecule has 1 rings (SSSR count). The third-order valence-electron chi connectivity index (χ3n) is 1.88. The molecule has 1 heterocycles. The van der Waals surface area contributed by atoms with Gasteiger partial charge in [0.05, 0.1) is 16.8 Å². The van der Waals surface area contributed by atoms with Gasteiger partial charge in [0.2, 0.25) is 10.0 Å². The summed E-state index contributed by atoms with van der Waals surface area (Å²) in [7, 11) is -4.39. The summed E-state index contributed by atoms with van der Waals surface area (Å²) in [6.45, 7) is 1.34. The summed E-state index contributed by atoms with van der Waals surface area (Å²) in [5.74, 6) is 0. The molecule has 86 valence electrons. The van der Waals surface area contributed by atoms with Crippen molar-refractivity contribution in [1.82, 2.24) is 4.98 Å². The van der Waals surface area contributed by atoms with Crippen LogP contribution in [0.15, 0.2) is 11.1 Å². The van der Waals surface area contributed by atoms with E-state index in [9.17, 15) is 17.2 Å². The van der Waals surface area contributed by atoms with Crippen LogP contribution in [0.4, 0.5) is 8.78 Å². The van der Waals surface area contributed by atoms with Gasteiger partial charge in [-0.1, -0.05) is 0 Å². The van der Waals surface area contributed by atoms with E-state index in [2.05, 4.69) is 4.98 Å². The molecule has 0 spiro atoms. The van der Waals surface area contributed by atoms with Crippen molar-refractivity contribution in [2.45, 2.75) is 18.2 Å². The van der Waals surface area contributed by atoms with Gasteiger partial charge < -0.3 is 0 Å². The highest BCUT2D eigenvalue weighted by Gasteiger charge is 2.26. The molecule has 0 amide bonds. The molecule has 16 heavy (non-hydrogen) atoms. The number of aryl methyl sites for hydroxylation is 1. The molecular weight excluding hydrogens is 240 g/mol. The van der Waals surface area contributed by atoms with Gasteiger partial charge in [-0.05, 0) is 6.92 Å². The molecule has 1 aromatic rings. The van der Waals surface area contributed by atoms with Crippen molar-refractivity contribution in [2.75, 3.05) is 0 Å². The zero-order valence-corrected chi connectivity index (χ0v) is 8.92. The molecule has 5 nitrogen and oxygen atoms in total. The zero-order chi connectivity index (χ0) is 12.5. The Morgan fingerprint density at radius 3 is 2.50 bits per heavy atom. The number of nitrogens with zero attached hydrogens (tertiary/aromatic N) is 2. The topological polar surface area (TPSA) is 96.8 Å². The van der Waals surface area contributed by atoms with Crippen molar-refractivity contribution < 1.29 is 17.2 Å². The standard InChI is InChI=1S/C8H7F2N3O2S/c1-4-5(2-11)7(16(12,14)15)6(3-13-4)8(9)10/h3,8H,1H3,(H2,12,14,15). The number of hydrogen-bond acceptors (Lipinski definition) is 4. The summed E-state index contributed by atoms with van der Waals surface area (Å²) in [4.78, 5) is 2.67. The Morgan fingerprint density at radius 1 is 1.56 bits per heavy atom. The Bertz CT molecular complexity index is 563. The maximum atomic E-state index is 12.5. The van der Waals surface area contributed by atoms with Gasteiger partial charge in [-0.3, -0.25) is 4.98 Å². The Morgan fingerprint density at radius 2 is 2.12 bits per heavy atom. The van der Waals surface area contributed by atoms with E-state index in [4.69, 9.17) is 10.4 Å². The number of nitriles is 1. The number of hydrogen-bond donors (Lipinski definition) is 1. The van der Waals surface area contributed by atoms with E-state index in [1.54, 1.807) is 0 Å². The van der Waals surface area contributed by atoms with E-state index in [0.29, 0.717) is 6.20 Å². The van der Waals surface area contributed by atoms with Crippen molar-refractivity contribution in [1.29, 1.82) is 5.26 Å². The van der Waals surface area contributed by atoms with E-state index in [1.807, 2.05) is 0 Å². The summed E-state index contributed by atoms with van der Waals surface area (Å²) < 4.78 is 47.4. The van der Waals surface area contributed by atoms with Crippen LogP contribution in [0.5, 0.6) is 0 Å². The van der Waals surface area contributed by atoms with E-state index in [1.165, 1.54) is 13.0 Å². The first-order chi connectivity index (χ1) is 7.29. The lowest BCUT2D eigenvalue weighted by molar-refractivity contribution is 0.147. The summed E-state index contributed by atoms with van der Waals surface area (Å²) in [5, 5.41) is 13.5. The highest BCUT2D eigenvalue weighted by molar-refractivity contribution is 7.89. The fourth-order valence-electron chi connectivity index (χ4n) is 1.19. The Labute approximate surface area is 90.6 Å². The molecule has 1 aromatic heterocycles. The van der Waals surface area contributed by atoms with E-state index < -0.39 is 32.5 Å². The van der Waals surface area contributed by atoms with Crippen molar-refractivity contribution in [3.05, 3.63) is 23.0 Å². The van der Waals surface area contributed by atoms with Crippen LogP contribution in [0, 0.1) is 18.3 Å². The molecule has 0 radical (unpaired) electrons. The number of nitrogens with two attached hydrogens (primary N) is 1. The van der Waals surface area contributed by atoms with E-state index in [0.717, 1.165) is 0 Å². The molecule has 2 N–H and O–H groups in total. The van der Waals surface area contributed by atoms with Gasteiger partial charge in [-0.2, -0.15) is 5.26 Å². The Kier molecular flexibility index (Phi) is 3.21. The lowest BCUT2D eigenvalue weighted by Gasteiger charge is -2.09. The summed E-state index contributed by atoms with van der Waals surface area (Å²) in [6, 6.07) is 1.51. The molecule has 0 aliphatic carbocycles. The van der Waals surface area contributed by atoms with Gasteiger partial charge >= 0.3 is 0 Å². The predicted octanol–water partition coefficient (Wildman–Crippen LogP) is 0.847. The number of alkyl halides is 2. The van der Waals surface area contributed by atoms with Crippen molar-refractivity contribution in [2.24, 2.45) is 5.14 Å². The Balaban J connectivity index is 3.77. The number of pyridine rings is 1. The second-order valence-corrected chi connectivity index (χ2v) is 4.46. The molecule has 0 fully saturated rings. The minimum atomic E-state index is -4.39. The quantitative estimate of drug-likeness (QED) is 0.837. The van der Waals surface area contributed by atoms with Gasteiger partial charge in [-0.15, -0.1) is 0 Å². The molecule has 0 aliphatic rings. The summed E-state index contributed by atoms with van der Waals surface area (Å²) in [6.07, 6.45) is -2.35. The molecule has 0 unspecified atom stereocenters. The van der Waals surface area contributed by atoms with Crippen LogP contribution in [0.25, 0.3) is 0 Å². The molecule has 0 saturated carbocycles. The molecule has 0 saturated heterocycles. The number of primary sulfonamides is 1. The zero-order valence-electron chi connectivity index (χ0n) is 8.11. The minimum absolute atomic E-state index is 0.0379. The predicted molar refractivity (Wildman–Crippen MR) is 50.0 cm³/mol. The lowest BCUT2D eigenvalue weighted by Crippen LogP contribution is -2.18. The maximum Gasteiger partial charge on any atom is 0.266 e. The van der Waals surface area contributed by atoms with E-state index in [-0.39, 0.29) is 5.69 Å². The summed E-state index contributed by atoms with van der Waals surface area (Å²) >= 11 is 0. The average Bonchev–Trinajstić information content (AvgIpc) is 2.15. The smallest absolute Gasteiger partial charge is 0.260 e. The fraction of sp³-hybridized carbons (Fsp3) is 0.250. The Hall–Kier alpha value is -1.59. The fourth-order valence-corrected chi connectivity index (χ4v) is 2.14. The van der Waals surface area contributed by atoms with Gasteiger partial charge in [-0.25, -0.2) is 22.3 Å². The first kappa shape index (κ1) is 12.5. The number of sulfonamides is 1. The van der Waals surface area contributed by atoms with Crippen molar-refractivity contribution in [3.63, 3.8) is 0 Å². The molecular formula is C8H7F2N3O2S. The SMILES string of the molecule is Cc1ncc(C(F)F)c(S(N)(=O)=O)c1C#N. The van der Waals surface area contributed by atoms with Crippen LogP contribution in [-0.4, -0.2) is 13.4 Å². The second-order valence-electron chi connectivity index (χ2n) is 2.96. The van der Waals surface area contributed by atoms with Crippen molar-refractivity contribution in [3.8, 4) is 6.07 Å². The van der Waals surface area contributed by atoms with Gasteiger partial charge in [0.25, 0.3) is 6.43 Å². The largest absolute Gasteiger partial charge is 0.266 e. The number of rotatable bonds is 2. The third-order valence-corrected chi connectivity index (χ3v) is 2.89. The molecule has 8 heteroatoms. The first-order valence-corrected chi connectivity index (χ1v) is 5.54. The average molecular weight is 247 g/mol.